The summed E-state index contributed by atoms with van der Waals surface area (Å²) in [5.74, 6) is 1.29. The van der Waals surface area contributed by atoms with E-state index >= 15 is 0 Å². The molecule has 1 aliphatic heterocycles. The molecule has 2 heterocycles. The van der Waals surface area contributed by atoms with Crippen LogP contribution in [0.1, 0.15) is 57.8 Å². The number of hydrogen-bond acceptors (Lipinski definition) is 8. The number of anilines is 3. The van der Waals surface area contributed by atoms with Gasteiger partial charge in [0.15, 0.2) is 12.1 Å². The summed E-state index contributed by atoms with van der Waals surface area (Å²) in [6, 6.07) is 2.25. The molecule has 2 aliphatic carbocycles. The largest absolute Gasteiger partial charge is 0.393 e. The summed E-state index contributed by atoms with van der Waals surface area (Å²) < 4.78 is 14.3. The van der Waals surface area contributed by atoms with Crippen molar-refractivity contribution in [1.29, 1.82) is 5.26 Å². The molecule has 4 N–H and O–H groups in total. The monoisotopic (exact) mass is 403 g/mol. The van der Waals surface area contributed by atoms with Gasteiger partial charge in [0, 0.05) is 18.6 Å². The Morgan fingerprint density at radius 1 is 1.24 bits per heavy atom. The van der Waals surface area contributed by atoms with Crippen molar-refractivity contribution in [2.24, 2.45) is 0 Å². The molecule has 3 aliphatic rings. The summed E-state index contributed by atoms with van der Waals surface area (Å²) in [4.78, 5) is 11.1. The third-order valence-electron chi connectivity index (χ3n) is 6.19. The van der Waals surface area contributed by atoms with Gasteiger partial charge in [-0.1, -0.05) is 12.8 Å². The quantitative estimate of drug-likeness (QED) is 0.574. The third-order valence-corrected chi connectivity index (χ3v) is 6.19. The van der Waals surface area contributed by atoms with Gasteiger partial charge in [0.2, 0.25) is 5.95 Å². The van der Waals surface area contributed by atoms with E-state index in [0.29, 0.717) is 25.3 Å². The van der Waals surface area contributed by atoms with Crippen molar-refractivity contribution in [3.05, 3.63) is 6.20 Å². The van der Waals surface area contributed by atoms with Gasteiger partial charge in [-0.15, -0.1) is 0 Å². The van der Waals surface area contributed by atoms with Crippen LogP contribution >= 0.6 is 0 Å². The minimum absolute atomic E-state index is 0.195. The SMILES string of the molecule is N#CCCN1c2nc(NC3CCC(O)CC3)ncc2NC1NC1CCCCC1F. The Morgan fingerprint density at radius 3 is 2.79 bits per heavy atom. The normalized spacial score (nSPS) is 31.6. The number of nitrogens with one attached hydrogen (secondary N) is 3. The standard InChI is InChI=1S/C20H30FN7O/c21-15-4-1-2-5-16(15)25-20-26-17-12-23-19(24-13-6-8-14(29)9-7-13)27-18(17)28(20)11-3-10-22/h12-16,20,25-26,29H,1-9,11H2,(H,23,24,27). The van der Waals surface area contributed by atoms with Gasteiger partial charge >= 0.3 is 0 Å². The predicted octanol–water partition coefficient (Wildman–Crippen LogP) is 2.49. The summed E-state index contributed by atoms with van der Waals surface area (Å²) in [6.45, 7) is 0.504. The number of nitrogens with zero attached hydrogens (tertiary/aromatic N) is 4. The van der Waals surface area contributed by atoms with Crippen LogP contribution in [0.5, 0.6) is 0 Å². The Morgan fingerprint density at radius 2 is 2.03 bits per heavy atom. The fourth-order valence-corrected chi connectivity index (χ4v) is 4.53. The molecule has 9 heteroatoms. The van der Waals surface area contributed by atoms with Gasteiger partial charge in [-0.2, -0.15) is 10.2 Å². The molecule has 8 nitrogen and oxygen atoms in total. The van der Waals surface area contributed by atoms with Gasteiger partial charge in [0.05, 0.1) is 30.5 Å². The number of alkyl halides is 1. The van der Waals surface area contributed by atoms with E-state index < -0.39 is 6.17 Å². The lowest BCUT2D eigenvalue weighted by Gasteiger charge is -2.33. The third kappa shape index (κ3) is 4.70. The molecule has 3 atom stereocenters. The van der Waals surface area contributed by atoms with Crippen LogP contribution in [-0.4, -0.2) is 52.3 Å². The molecule has 3 unspecified atom stereocenters. The lowest BCUT2D eigenvalue weighted by atomic mass is 9.93. The summed E-state index contributed by atoms with van der Waals surface area (Å²) in [7, 11) is 0. The molecule has 4 rings (SSSR count). The molecular weight excluding hydrogens is 373 g/mol. The number of hydrogen-bond donors (Lipinski definition) is 4. The average molecular weight is 404 g/mol. The number of fused-ring (bicyclic) bond motifs is 1. The highest BCUT2D eigenvalue weighted by Gasteiger charge is 2.35. The zero-order valence-corrected chi connectivity index (χ0v) is 16.6. The minimum atomic E-state index is -0.850. The molecule has 158 valence electrons. The van der Waals surface area contributed by atoms with E-state index in [4.69, 9.17) is 10.2 Å². The molecule has 0 radical (unpaired) electrons. The maximum Gasteiger partial charge on any atom is 0.224 e. The average Bonchev–Trinajstić information content (AvgIpc) is 3.06. The summed E-state index contributed by atoms with van der Waals surface area (Å²) in [6.07, 6.45) is 7.49. The highest BCUT2D eigenvalue weighted by atomic mass is 19.1. The van der Waals surface area contributed by atoms with Crippen LogP contribution in [0.25, 0.3) is 0 Å². The van der Waals surface area contributed by atoms with Crippen molar-refractivity contribution in [2.45, 2.75) is 88.4 Å². The van der Waals surface area contributed by atoms with E-state index in [-0.39, 0.29) is 24.5 Å². The molecular formula is C20H30FN7O. The fraction of sp³-hybridized carbons (Fsp3) is 0.750. The van der Waals surface area contributed by atoms with Crippen molar-refractivity contribution in [3.8, 4) is 6.07 Å². The van der Waals surface area contributed by atoms with Crippen LogP contribution in [-0.2, 0) is 0 Å². The smallest absolute Gasteiger partial charge is 0.224 e. The second kappa shape index (κ2) is 9.09. The second-order valence-corrected chi connectivity index (χ2v) is 8.30. The zero-order chi connectivity index (χ0) is 20.2. The van der Waals surface area contributed by atoms with Gasteiger partial charge < -0.3 is 20.6 Å². The van der Waals surface area contributed by atoms with Gasteiger partial charge in [0.1, 0.15) is 6.17 Å². The van der Waals surface area contributed by atoms with Crippen LogP contribution in [0, 0.1) is 11.3 Å². The number of rotatable bonds is 6. The Kier molecular flexibility index (Phi) is 6.31. The second-order valence-electron chi connectivity index (χ2n) is 8.30. The molecule has 0 saturated heterocycles. The van der Waals surface area contributed by atoms with Crippen LogP contribution in [0.3, 0.4) is 0 Å². The lowest BCUT2D eigenvalue weighted by molar-refractivity contribution is 0.126. The molecule has 0 bridgehead atoms. The Bertz CT molecular complexity index is 734. The number of nitriles is 1. The first-order valence-corrected chi connectivity index (χ1v) is 10.8. The van der Waals surface area contributed by atoms with Crippen molar-refractivity contribution < 1.29 is 9.50 Å². The van der Waals surface area contributed by atoms with Crippen molar-refractivity contribution in [1.82, 2.24) is 15.3 Å². The van der Waals surface area contributed by atoms with Crippen molar-refractivity contribution >= 4 is 17.5 Å². The van der Waals surface area contributed by atoms with Crippen LogP contribution in [0.15, 0.2) is 6.20 Å². The van der Waals surface area contributed by atoms with Crippen molar-refractivity contribution in [2.75, 3.05) is 22.1 Å². The molecule has 2 saturated carbocycles. The fourth-order valence-electron chi connectivity index (χ4n) is 4.53. The summed E-state index contributed by atoms with van der Waals surface area (Å²) in [5, 5.41) is 28.9. The van der Waals surface area contributed by atoms with Crippen LogP contribution in [0.2, 0.25) is 0 Å². The number of aliphatic hydroxyl groups excluding tert-OH is 1. The molecule has 0 spiro atoms. The zero-order valence-electron chi connectivity index (χ0n) is 16.6. The van der Waals surface area contributed by atoms with E-state index in [0.717, 1.165) is 56.5 Å². The van der Waals surface area contributed by atoms with Crippen LogP contribution < -0.4 is 20.9 Å². The van der Waals surface area contributed by atoms with E-state index in [1.165, 1.54) is 0 Å². The van der Waals surface area contributed by atoms with Gasteiger partial charge in [-0.3, -0.25) is 5.32 Å². The Hall–Kier alpha value is -2.18. The molecule has 2 fully saturated rings. The Labute approximate surface area is 170 Å². The van der Waals surface area contributed by atoms with Gasteiger partial charge in [-0.05, 0) is 38.5 Å². The number of aliphatic hydroxyl groups is 1. The maximum absolute atomic E-state index is 14.3. The maximum atomic E-state index is 14.3. The van der Waals surface area contributed by atoms with E-state index in [1.807, 2.05) is 4.90 Å². The molecule has 0 aromatic carbocycles. The van der Waals surface area contributed by atoms with Gasteiger partial charge in [-0.25, -0.2) is 9.37 Å². The molecule has 29 heavy (non-hydrogen) atoms. The molecule has 0 amide bonds. The summed E-state index contributed by atoms with van der Waals surface area (Å²) >= 11 is 0. The minimum Gasteiger partial charge on any atom is -0.393 e. The summed E-state index contributed by atoms with van der Waals surface area (Å²) in [5.41, 5.74) is 0.788. The van der Waals surface area contributed by atoms with Crippen molar-refractivity contribution in [3.63, 3.8) is 0 Å². The highest BCUT2D eigenvalue weighted by Crippen LogP contribution is 2.34. The van der Waals surface area contributed by atoms with E-state index in [1.54, 1.807) is 6.20 Å². The van der Waals surface area contributed by atoms with E-state index in [2.05, 4.69) is 27.0 Å². The van der Waals surface area contributed by atoms with E-state index in [9.17, 15) is 9.50 Å². The number of halogens is 1. The first-order valence-electron chi connectivity index (χ1n) is 10.8. The van der Waals surface area contributed by atoms with Gasteiger partial charge in [0.25, 0.3) is 0 Å². The first kappa shape index (κ1) is 20.1. The number of aromatic nitrogens is 2. The first-order chi connectivity index (χ1) is 14.1. The predicted molar refractivity (Wildman–Crippen MR) is 109 cm³/mol. The topological polar surface area (TPSA) is 109 Å². The molecule has 1 aromatic heterocycles. The lowest BCUT2D eigenvalue weighted by Crippen LogP contribution is -2.55. The highest BCUT2D eigenvalue weighted by molar-refractivity contribution is 5.72. The van der Waals surface area contributed by atoms with Crippen LogP contribution in [0.4, 0.5) is 21.8 Å². The molecule has 1 aromatic rings. The Balaban J connectivity index is 1.47.